The van der Waals surface area contributed by atoms with Crippen molar-refractivity contribution in [1.29, 1.82) is 0 Å². The van der Waals surface area contributed by atoms with E-state index in [-0.39, 0.29) is 12.5 Å². The van der Waals surface area contributed by atoms with Gasteiger partial charge in [-0.2, -0.15) is 0 Å². The van der Waals surface area contributed by atoms with E-state index in [4.69, 9.17) is 4.74 Å². The maximum Gasteiger partial charge on any atom is 0.248 e. The minimum absolute atomic E-state index is 0.0136. The number of nitrogens with zero attached hydrogens (tertiary/aromatic N) is 2. The third-order valence-electron chi connectivity index (χ3n) is 3.61. The number of carbonyl (C=O) groups is 1. The largest absolute Gasteiger partial charge is 0.497 e. The molecule has 0 N–H and O–H groups in total. The van der Waals surface area contributed by atoms with E-state index in [0.717, 1.165) is 28.3 Å². The Morgan fingerprint density at radius 2 is 1.95 bits per heavy atom. The van der Waals surface area contributed by atoms with Crippen LogP contribution in [0.15, 0.2) is 53.5 Å². The molecule has 0 aromatic heterocycles. The monoisotopic (exact) mass is 280 g/mol. The second-order valence-corrected chi connectivity index (χ2v) is 4.87. The van der Waals surface area contributed by atoms with Gasteiger partial charge in [-0.1, -0.05) is 30.3 Å². The van der Waals surface area contributed by atoms with Crippen LogP contribution in [0.3, 0.4) is 0 Å². The molecular formula is C17H16N2O2. The molecule has 0 radical (unpaired) electrons. The maximum absolute atomic E-state index is 12.1. The Hall–Kier alpha value is -2.62. The molecule has 4 heteroatoms. The number of benzodiazepines with no additional fused rings is 1. The summed E-state index contributed by atoms with van der Waals surface area (Å²) in [5, 5.41) is 0. The summed E-state index contributed by atoms with van der Waals surface area (Å²) in [6.45, 7) is 0.151. The standard InChI is InChI=1S/C17H16N2O2/c1-19-15-9-4-3-8-14(15)17(18-11-16(19)20)12-6-5-7-13(10-12)21-2/h3-10H,11H2,1-2H3. The van der Waals surface area contributed by atoms with Crippen molar-refractivity contribution in [3.05, 3.63) is 59.7 Å². The molecule has 0 aliphatic carbocycles. The summed E-state index contributed by atoms with van der Waals surface area (Å²) in [6.07, 6.45) is 0. The van der Waals surface area contributed by atoms with E-state index in [1.165, 1.54) is 0 Å². The third kappa shape index (κ3) is 2.40. The van der Waals surface area contributed by atoms with Gasteiger partial charge in [-0.05, 0) is 18.2 Å². The number of carbonyl (C=O) groups excluding carboxylic acids is 1. The van der Waals surface area contributed by atoms with E-state index in [1.807, 2.05) is 48.5 Å². The van der Waals surface area contributed by atoms with Gasteiger partial charge in [-0.25, -0.2) is 0 Å². The molecule has 21 heavy (non-hydrogen) atoms. The van der Waals surface area contributed by atoms with E-state index in [0.29, 0.717) is 0 Å². The van der Waals surface area contributed by atoms with E-state index in [2.05, 4.69) is 4.99 Å². The fourth-order valence-corrected chi connectivity index (χ4v) is 2.46. The number of amides is 1. The van der Waals surface area contributed by atoms with Gasteiger partial charge in [0.1, 0.15) is 12.3 Å². The number of para-hydroxylation sites is 1. The number of anilines is 1. The number of methoxy groups -OCH3 is 1. The van der Waals surface area contributed by atoms with Gasteiger partial charge in [0.2, 0.25) is 5.91 Å². The highest BCUT2D eigenvalue weighted by Gasteiger charge is 2.21. The minimum atomic E-state index is -0.0136. The fourth-order valence-electron chi connectivity index (χ4n) is 2.46. The van der Waals surface area contributed by atoms with Gasteiger partial charge in [0.05, 0.1) is 18.5 Å². The van der Waals surface area contributed by atoms with Gasteiger partial charge in [0.25, 0.3) is 0 Å². The fraction of sp³-hybridized carbons (Fsp3) is 0.176. The number of hydrogen-bond donors (Lipinski definition) is 0. The Bertz CT molecular complexity index is 722. The first-order valence-electron chi connectivity index (χ1n) is 6.75. The summed E-state index contributed by atoms with van der Waals surface area (Å²) < 4.78 is 5.27. The molecule has 1 aliphatic heterocycles. The highest BCUT2D eigenvalue weighted by atomic mass is 16.5. The van der Waals surface area contributed by atoms with Crippen LogP contribution in [0.5, 0.6) is 5.75 Å². The zero-order chi connectivity index (χ0) is 14.8. The topological polar surface area (TPSA) is 41.9 Å². The van der Waals surface area contributed by atoms with Crippen LogP contribution in [0.25, 0.3) is 0 Å². The van der Waals surface area contributed by atoms with Crippen LogP contribution >= 0.6 is 0 Å². The molecule has 2 aromatic rings. The Morgan fingerprint density at radius 3 is 2.76 bits per heavy atom. The van der Waals surface area contributed by atoms with Crippen molar-refractivity contribution in [2.75, 3.05) is 25.6 Å². The average molecular weight is 280 g/mol. The Morgan fingerprint density at radius 1 is 1.14 bits per heavy atom. The lowest BCUT2D eigenvalue weighted by Crippen LogP contribution is -2.27. The maximum atomic E-state index is 12.1. The van der Waals surface area contributed by atoms with E-state index in [9.17, 15) is 4.79 Å². The SMILES string of the molecule is COc1cccc(C2=NCC(=O)N(C)c3ccccc32)c1. The van der Waals surface area contributed by atoms with Crippen molar-refractivity contribution in [2.45, 2.75) is 0 Å². The Balaban J connectivity index is 2.17. The first kappa shape index (κ1) is 13.4. The number of hydrogen-bond acceptors (Lipinski definition) is 3. The molecule has 1 heterocycles. The summed E-state index contributed by atoms with van der Waals surface area (Å²) in [7, 11) is 3.42. The lowest BCUT2D eigenvalue weighted by molar-refractivity contribution is -0.116. The zero-order valence-corrected chi connectivity index (χ0v) is 12.0. The molecule has 4 nitrogen and oxygen atoms in total. The van der Waals surface area contributed by atoms with Crippen LogP contribution in [-0.2, 0) is 4.79 Å². The quantitative estimate of drug-likeness (QED) is 0.848. The Kier molecular flexibility index (Phi) is 3.44. The normalized spacial score (nSPS) is 14.3. The van der Waals surface area contributed by atoms with Crippen molar-refractivity contribution in [2.24, 2.45) is 4.99 Å². The van der Waals surface area contributed by atoms with Crippen LogP contribution in [0.1, 0.15) is 11.1 Å². The van der Waals surface area contributed by atoms with Crippen LogP contribution in [-0.4, -0.2) is 32.3 Å². The number of ether oxygens (including phenoxy) is 1. The molecule has 1 amide bonds. The highest BCUT2D eigenvalue weighted by molar-refractivity contribution is 6.19. The molecule has 0 bridgehead atoms. The van der Waals surface area contributed by atoms with Gasteiger partial charge >= 0.3 is 0 Å². The van der Waals surface area contributed by atoms with Crippen LogP contribution in [0.2, 0.25) is 0 Å². The summed E-state index contributed by atoms with van der Waals surface area (Å²) in [5.74, 6) is 0.761. The third-order valence-corrected chi connectivity index (χ3v) is 3.61. The van der Waals surface area contributed by atoms with Crippen LogP contribution in [0, 0.1) is 0 Å². The molecule has 3 rings (SSSR count). The lowest BCUT2D eigenvalue weighted by Gasteiger charge is -2.17. The second-order valence-electron chi connectivity index (χ2n) is 4.87. The van der Waals surface area contributed by atoms with Crippen molar-refractivity contribution in [3.8, 4) is 5.75 Å². The molecule has 0 spiro atoms. The van der Waals surface area contributed by atoms with E-state index < -0.39 is 0 Å². The van der Waals surface area contributed by atoms with Crippen molar-refractivity contribution >= 4 is 17.3 Å². The molecule has 106 valence electrons. The highest BCUT2D eigenvalue weighted by Crippen LogP contribution is 2.26. The molecule has 0 atom stereocenters. The molecule has 0 unspecified atom stereocenters. The number of aliphatic imine (C=N–C) groups is 1. The van der Waals surface area contributed by atoms with Crippen LogP contribution in [0.4, 0.5) is 5.69 Å². The van der Waals surface area contributed by atoms with Gasteiger partial charge in [-0.15, -0.1) is 0 Å². The lowest BCUT2D eigenvalue weighted by atomic mass is 10.00. The first-order chi connectivity index (χ1) is 10.2. The Labute approximate surface area is 123 Å². The number of benzene rings is 2. The van der Waals surface area contributed by atoms with E-state index >= 15 is 0 Å². The predicted octanol–water partition coefficient (Wildman–Crippen LogP) is 2.51. The van der Waals surface area contributed by atoms with Crippen molar-refractivity contribution in [1.82, 2.24) is 0 Å². The zero-order valence-electron chi connectivity index (χ0n) is 12.0. The van der Waals surface area contributed by atoms with Gasteiger partial charge in [-0.3, -0.25) is 9.79 Å². The molecule has 1 aliphatic rings. The summed E-state index contributed by atoms with van der Waals surface area (Å²) in [4.78, 5) is 18.2. The van der Waals surface area contributed by atoms with Crippen molar-refractivity contribution in [3.63, 3.8) is 0 Å². The summed E-state index contributed by atoms with van der Waals surface area (Å²) in [6, 6.07) is 15.5. The van der Waals surface area contributed by atoms with Crippen molar-refractivity contribution < 1.29 is 9.53 Å². The molecule has 0 saturated heterocycles. The molecular weight excluding hydrogens is 264 g/mol. The van der Waals surface area contributed by atoms with E-state index in [1.54, 1.807) is 19.1 Å². The summed E-state index contributed by atoms with van der Waals surface area (Å²) in [5.41, 5.74) is 3.60. The smallest absolute Gasteiger partial charge is 0.248 e. The van der Waals surface area contributed by atoms with Gasteiger partial charge in [0.15, 0.2) is 0 Å². The minimum Gasteiger partial charge on any atom is -0.497 e. The predicted molar refractivity (Wildman–Crippen MR) is 83.4 cm³/mol. The first-order valence-corrected chi connectivity index (χ1v) is 6.75. The summed E-state index contributed by atoms with van der Waals surface area (Å²) >= 11 is 0. The number of fused-ring (bicyclic) bond motifs is 1. The molecule has 0 saturated carbocycles. The van der Waals surface area contributed by atoms with Crippen LogP contribution < -0.4 is 9.64 Å². The number of likely N-dealkylation sites (N-methyl/N-ethyl adjacent to an activating group) is 1. The average Bonchev–Trinajstić information content (AvgIpc) is 2.66. The number of rotatable bonds is 2. The molecule has 2 aromatic carbocycles. The molecule has 0 fully saturated rings. The van der Waals surface area contributed by atoms with Gasteiger partial charge in [0, 0.05) is 18.2 Å². The van der Waals surface area contributed by atoms with Gasteiger partial charge < -0.3 is 9.64 Å². The second kappa shape index (κ2) is 5.40.